The van der Waals surface area contributed by atoms with E-state index in [1.165, 1.54) is 26.4 Å². The fraction of sp³-hybridized carbons (Fsp3) is 0.689. The van der Waals surface area contributed by atoms with Gasteiger partial charge in [0.15, 0.2) is 5.96 Å². The molecular weight excluding hydrogens is 943 g/mol. The SMILES string of the molecule is CC(C)C[C@H](NC(=O)[C@@H](NC(=O)[C@H](C)NC(=O)[C@H](CC(C)C)NC(=O)[C@H](Cc1cnc[nH]1)NC(=O)[C@H](CC(=O)O)NC(=O)[C@H](CCCN=C(N)N)NC(=O)[C@H](C)NC(=O)[C@@H](N)CCCCN)C(C)C)C(=O)O. The first-order valence-corrected chi connectivity index (χ1v) is 24.0. The third-order valence-corrected chi connectivity index (χ3v) is 10.9. The molecule has 8 amide bonds. The molecule has 0 saturated heterocycles. The number of amides is 8. The number of imidazole rings is 1. The van der Waals surface area contributed by atoms with Gasteiger partial charge < -0.3 is 80.7 Å². The normalized spacial score (nSPS) is 15.0. The van der Waals surface area contributed by atoms with Crippen LogP contribution in [-0.4, -0.2) is 153 Å². The molecule has 0 fully saturated rings. The molecule has 0 spiro atoms. The number of aliphatic carboxylic acids is 2. The van der Waals surface area contributed by atoms with Crippen LogP contribution in [0, 0.1) is 17.8 Å². The van der Waals surface area contributed by atoms with Gasteiger partial charge in [0.25, 0.3) is 0 Å². The Morgan fingerprint density at radius 1 is 0.597 bits per heavy atom. The molecule has 0 bridgehead atoms. The van der Waals surface area contributed by atoms with E-state index in [1.807, 2.05) is 0 Å². The number of carbonyl (C=O) groups excluding carboxylic acids is 8. The van der Waals surface area contributed by atoms with Crippen LogP contribution in [0.25, 0.3) is 0 Å². The van der Waals surface area contributed by atoms with Gasteiger partial charge in [-0.1, -0.05) is 48.0 Å². The lowest BCUT2D eigenvalue weighted by Crippen LogP contribution is -2.61. The van der Waals surface area contributed by atoms with E-state index in [0.29, 0.717) is 31.5 Å². The molecule has 27 heteroatoms. The maximum absolute atomic E-state index is 14.1. The Balaban J connectivity index is 3.38. The standard InChI is InChI=1S/C45H79N15O12/c1-22(2)16-30(40(67)54-26(8)37(64)60-35(24(5)6)43(70)59-33(44(71)72)17-23(3)4)56-41(68)31(18-27-20-50-21-52-27)57-42(69)32(19-34(61)62)58-39(66)29(13-11-15-51-45(48)49)55-36(63)25(7)53-38(65)28(47)12-9-10-14-46/h20-26,28-33,35H,9-19,46-47H2,1-8H3,(H,50,52)(H,53,65)(H,54,67)(H,55,63)(H,56,68)(H,57,69)(H,58,66)(H,59,70)(H,60,64)(H,61,62)(H,71,72)(H4,48,49,51)/t25-,26-,28-,29-,30-,31-,32-,33-,35-/m0/s1. The molecule has 0 unspecified atom stereocenters. The van der Waals surface area contributed by atoms with Crippen molar-refractivity contribution in [2.75, 3.05) is 13.1 Å². The summed E-state index contributed by atoms with van der Waals surface area (Å²) < 4.78 is 0. The van der Waals surface area contributed by atoms with Gasteiger partial charge in [-0.25, -0.2) is 9.78 Å². The van der Waals surface area contributed by atoms with Gasteiger partial charge in [-0.05, 0) is 76.7 Å². The van der Waals surface area contributed by atoms with Gasteiger partial charge in [-0.2, -0.15) is 0 Å². The third-order valence-electron chi connectivity index (χ3n) is 10.9. The molecule has 19 N–H and O–H groups in total. The minimum absolute atomic E-state index is 0.0177. The number of hydrogen-bond donors (Lipinski definition) is 15. The monoisotopic (exact) mass is 1020 g/mol. The van der Waals surface area contributed by atoms with Gasteiger partial charge in [-0.15, -0.1) is 0 Å². The van der Waals surface area contributed by atoms with Crippen LogP contribution in [0.3, 0.4) is 0 Å². The van der Waals surface area contributed by atoms with Crippen molar-refractivity contribution in [3.05, 3.63) is 18.2 Å². The van der Waals surface area contributed by atoms with Crippen molar-refractivity contribution in [2.45, 2.75) is 168 Å². The van der Waals surface area contributed by atoms with E-state index in [9.17, 15) is 58.2 Å². The van der Waals surface area contributed by atoms with Crippen LogP contribution in [0.2, 0.25) is 0 Å². The highest BCUT2D eigenvalue weighted by Gasteiger charge is 2.35. The maximum Gasteiger partial charge on any atom is 0.326 e. The second-order valence-electron chi connectivity index (χ2n) is 18.8. The number of hydrogen-bond acceptors (Lipinski definition) is 14. The number of aromatic nitrogens is 2. The summed E-state index contributed by atoms with van der Waals surface area (Å²) in [4.78, 5) is 143. The van der Waals surface area contributed by atoms with Gasteiger partial charge in [0.2, 0.25) is 47.3 Å². The summed E-state index contributed by atoms with van der Waals surface area (Å²) in [5, 5.41) is 39.4. The lowest BCUT2D eigenvalue weighted by molar-refractivity contribution is -0.143. The number of unbranched alkanes of at least 4 members (excludes halogenated alkanes) is 1. The van der Waals surface area contributed by atoms with Crippen LogP contribution in [-0.2, 0) is 54.4 Å². The van der Waals surface area contributed by atoms with Gasteiger partial charge >= 0.3 is 11.9 Å². The van der Waals surface area contributed by atoms with E-state index in [0.717, 1.165) is 0 Å². The summed E-state index contributed by atoms with van der Waals surface area (Å²) in [6.07, 6.45) is 3.06. The molecule has 0 radical (unpaired) electrons. The van der Waals surface area contributed by atoms with Gasteiger partial charge in [0, 0.05) is 24.9 Å². The number of carbonyl (C=O) groups is 10. The first-order valence-electron chi connectivity index (χ1n) is 24.0. The van der Waals surface area contributed by atoms with Gasteiger partial charge in [0.05, 0.1) is 18.8 Å². The number of nitrogens with one attached hydrogen (secondary N) is 9. The van der Waals surface area contributed by atoms with Gasteiger partial charge in [0.1, 0.15) is 48.3 Å². The summed E-state index contributed by atoms with van der Waals surface area (Å²) in [5.74, 6) is -10.7. The lowest BCUT2D eigenvalue weighted by Gasteiger charge is -2.28. The zero-order valence-corrected chi connectivity index (χ0v) is 42.5. The number of aliphatic imine (C=N–C) groups is 1. The number of aromatic amines is 1. The first kappa shape index (κ1) is 63.1. The summed E-state index contributed by atoms with van der Waals surface area (Å²) >= 11 is 0. The molecule has 406 valence electrons. The minimum atomic E-state index is -1.84. The second kappa shape index (κ2) is 32.1. The highest BCUT2D eigenvalue weighted by molar-refractivity contribution is 5.98. The molecule has 1 aromatic rings. The number of nitrogens with two attached hydrogens (primary N) is 4. The smallest absolute Gasteiger partial charge is 0.326 e. The molecular formula is C45H79N15O12. The highest BCUT2D eigenvalue weighted by Crippen LogP contribution is 2.11. The Labute approximate surface area is 419 Å². The van der Waals surface area contributed by atoms with Crippen molar-refractivity contribution in [2.24, 2.45) is 45.7 Å². The number of carboxylic acids is 2. The first-order chi connectivity index (χ1) is 33.7. The van der Waals surface area contributed by atoms with E-state index in [1.54, 1.807) is 41.5 Å². The third kappa shape index (κ3) is 24.3. The molecule has 0 saturated carbocycles. The Bertz CT molecular complexity index is 1990. The predicted octanol–water partition coefficient (Wildman–Crippen LogP) is -3.31. The average Bonchev–Trinajstić information content (AvgIpc) is 3.80. The zero-order chi connectivity index (χ0) is 54.8. The van der Waals surface area contributed by atoms with Crippen LogP contribution < -0.4 is 65.5 Å². The van der Waals surface area contributed by atoms with E-state index in [4.69, 9.17) is 22.9 Å². The van der Waals surface area contributed by atoms with E-state index in [-0.39, 0.29) is 56.4 Å². The number of nitrogens with zero attached hydrogens (tertiary/aromatic N) is 2. The molecule has 72 heavy (non-hydrogen) atoms. The Kier molecular flexibility index (Phi) is 28.2. The molecule has 0 aliphatic rings. The lowest BCUT2D eigenvalue weighted by atomic mass is 10.00. The number of carboxylic acid groups (broad SMARTS) is 2. The van der Waals surface area contributed by atoms with E-state index >= 15 is 0 Å². The van der Waals surface area contributed by atoms with Gasteiger partial charge in [-0.3, -0.25) is 48.1 Å². The van der Waals surface area contributed by atoms with Crippen LogP contribution in [0.15, 0.2) is 17.5 Å². The summed E-state index contributed by atoms with van der Waals surface area (Å²) in [7, 11) is 0. The van der Waals surface area contributed by atoms with Crippen molar-refractivity contribution in [3.8, 4) is 0 Å². The molecule has 0 aromatic carbocycles. The minimum Gasteiger partial charge on any atom is -0.481 e. The van der Waals surface area contributed by atoms with E-state index < -0.39 is 126 Å². The molecule has 27 nitrogen and oxygen atoms in total. The van der Waals surface area contributed by atoms with Crippen molar-refractivity contribution in [3.63, 3.8) is 0 Å². The molecule has 9 atom stereocenters. The molecule has 1 aromatic heterocycles. The predicted molar refractivity (Wildman–Crippen MR) is 264 cm³/mol. The van der Waals surface area contributed by atoms with Crippen molar-refractivity contribution >= 4 is 65.2 Å². The Hall–Kier alpha value is -6.90. The largest absolute Gasteiger partial charge is 0.481 e. The fourth-order valence-electron chi connectivity index (χ4n) is 6.97. The Morgan fingerprint density at radius 2 is 1.10 bits per heavy atom. The molecule has 1 heterocycles. The molecule has 0 aliphatic heterocycles. The van der Waals surface area contributed by atoms with Crippen molar-refractivity contribution in [1.29, 1.82) is 0 Å². The van der Waals surface area contributed by atoms with Crippen LogP contribution in [0.5, 0.6) is 0 Å². The number of rotatable bonds is 34. The van der Waals surface area contributed by atoms with Crippen LogP contribution in [0.1, 0.15) is 112 Å². The molecule has 0 aliphatic carbocycles. The zero-order valence-electron chi connectivity index (χ0n) is 42.5. The maximum atomic E-state index is 14.1. The summed E-state index contributed by atoms with van der Waals surface area (Å²) in [6.45, 7) is 13.5. The summed E-state index contributed by atoms with van der Waals surface area (Å²) in [6, 6.07) is -11.9. The second-order valence-corrected chi connectivity index (χ2v) is 18.8. The number of guanidine groups is 1. The average molecular weight is 1020 g/mol. The molecule has 1 rings (SSSR count). The van der Waals surface area contributed by atoms with E-state index in [2.05, 4.69) is 57.5 Å². The van der Waals surface area contributed by atoms with Crippen LogP contribution in [0.4, 0.5) is 0 Å². The number of H-pyrrole nitrogens is 1. The topological polar surface area (TPSA) is 453 Å². The van der Waals surface area contributed by atoms with Crippen molar-refractivity contribution < 1.29 is 58.2 Å². The quantitative estimate of drug-likeness (QED) is 0.0183. The highest BCUT2D eigenvalue weighted by atomic mass is 16.4. The fourth-order valence-corrected chi connectivity index (χ4v) is 6.97. The Morgan fingerprint density at radius 3 is 1.62 bits per heavy atom. The van der Waals surface area contributed by atoms with Crippen LogP contribution >= 0.6 is 0 Å². The summed E-state index contributed by atoms with van der Waals surface area (Å²) in [5.41, 5.74) is 22.7. The van der Waals surface area contributed by atoms with Crippen molar-refractivity contribution in [1.82, 2.24) is 52.5 Å².